The Bertz CT molecular complexity index is 700. The van der Waals surface area contributed by atoms with Crippen molar-refractivity contribution < 1.29 is 0 Å². The first kappa shape index (κ1) is 12.8. The zero-order valence-corrected chi connectivity index (χ0v) is 11.2. The van der Waals surface area contributed by atoms with Crippen molar-refractivity contribution in [3.63, 3.8) is 0 Å². The number of nitrogens with zero attached hydrogens (tertiary/aromatic N) is 1. The number of aromatic amines is 1. The van der Waals surface area contributed by atoms with Crippen LogP contribution in [-0.4, -0.2) is 22.8 Å². The highest BCUT2D eigenvalue weighted by Crippen LogP contribution is 2.23. The van der Waals surface area contributed by atoms with Crippen molar-refractivity contribution in [2.24, 2.45) is 11.5 Å². The summed E-state index contributed by atoms with van der Waals surface area (Å²) in [5.74, 6) is 0. The monoisotopic (exact) mass is 266 g/mol. The highest BCUT2D eigenvalue weighted by atomic mass is 15.1. The molecule has 0 saturated heterocycles. The molecule has 20 heavy (non-hydrogen) atoms. The van der Waals surface area contributed by atoms with Gasteiger partial charge in [0.25, 0.3) is 0 Å². The maximum Gasteiger partial charge on any atom is 0.0656 e. The third kappa shape index (κ3) is 2.57. The topological polar surface area (TPSA) is 80.7 Å². The summed E-state index contributed by atoms with van der Waals surface area (Å²) in [5.41, 5.74) is 16.1. The van der Waals surface area contributed by atoms with E-state index in [1.165, 1.54) is 16.7 Å². The van der Waals surface area contributed by atoms with E-state index in [0.717, 1.165) is 17.3 Å². The SMILES string of the molecule is NC[C@@H](N)Cc1ccc(-c2ccc3cn[nH]c3c2)cc1. The van der Waals surface area contributed by atoms with Gasteiger partial charge in [-0.25, -0.2) is 0 Å². The van der Waals surface area contributed by atoms with Crippen LogP contribution in [0.15, 0.2) is 48.7 Å². The molecule has 0 aliphatic carbocycles. The Morgan fingerprint density at radius 1 is 1.05 bits per heavy atom. The van der Waals surface area contributed by atoms with Gasteiger partial charge in [0.1, 0.15) is 0 Å². The number of H-pyrrole nitrogens is 1. The second kappa shape index (κ2) is 5.45. The Balaban J connectivity index is 1.86. The molecule has 1 heterocycles. The number of nitrogens with one attached hydrogen (secondary N) is 1. The minimum Gasteiger partial charge on any atom is -0.329 e. The fourth-order valence-corrected chi connectivity index (χ4v) is 2.34. The van der Waals surface area contributed by atoms with Crippen LogP contribution in [0.2, 0.25) is 0 Å². The van der Waals surface area contributed by atoms with Crippen LogP contribution in [-0.2, 0) is 6.42 Å². The minimum absolute atomic E-state index is 0.0298. The van der Waals surface area contributed by atoms with Crippen LogP contribution in [0.1, 0.15) is 5.56 Å². The van der Waals surface area contributed by atoms with Gasteiger partial charge in [-0.3, -0.25) is 5.10 Å². The average Bonchev–Trinajstić information content (AvgIpc) is 2.95. The Hall–Kier alpha value is -2.17. The van der Waals surface area contributed by atoms with Gasteiger partial charge in [0.05, 0.1) is 11.7 Å². The molecule has 0 fully saturated rings. The van der Waals surface area contributed by atoms with E-state index < -0.39 is 0 Å². The molecule has 102 valence electrons. The first-order chi connectivity index (χ1) is 9.76. The fraction of sp³-hybridized carbons (Fsp3) is 0.188. The van der Waals surface area contributed by atoms with Crippen molar-refractivity contribution in [1.29, 1.82) is 0 Å². The van der Waals surface area contributed by atoms with Crippen LogP contribution >= 0.6 is 0 Å². The van der Waals surface area contributed by atoms with Crippen LogP contribution < -0.4 is 11.5 Å². The van der Waals surface area contributed by atoms with Crippen molar-refractivity contribution in [2.75, 3.05) is 6.54 Å². The summed E-state index contributed by atoms with van der Waals surface area (Å²) in [6, 6.07) is 14.8. The van der Waals surface area contributed by atoms with Crippen molar-refractivity contribution >= 4 is 10.9 Å². The van der Waals surface area contributed by atoms with Crippen LogP contribution in [0.25, 0.3) is 22.0 Å². The molecule has 3 rings (SSSR count). The smallest absolute Gasteiger partial charge is 0.0656 e. The Kier molecular flexibility index (Phi) is 3.50. The molecule has 0 aliphatic rings. The number of nitrogens with two attached hydrogens (primary N) is 2. The quantitative estimate of drug-likeness (QED) is 0.676. The van der Waals surface area contributed by atoms with Crippen LogP contribution in [0.5, 0.6) is 0 Å². The molecule has 0 saturated carbocycles. The van der Waals surface area contributed by atoms with Gasteiger partial charge < -0.3 is 11.5 Å². The van der Waals surface area contributed by atoms with Crippen LogP contribution in [0.3, 0.4) is 0 Å². The summed E-state index contributed by atoms with van der Waals surface area (Å²) < 4.78 is 0. The molecule has 3 aromatic rings. The van der Waals surface area contributed by atoms with E-state index in [1.807, 2.05) is 6.20 Å². The molecule has 0 aliphatic heterocycles. The number of benzene rings is 2. The van der Waals surface area contributed by atoms with Gasteiger partial charge in [-0.05, 0) is 29.2 Å². The Morgan fingerprint density at radius 2 is 1.80 bits per heavy atom. The lowest BCUT2D eigenvalue weighted by atomic mass is 10.0. The molecular weight excluding hydrogens is 248 g/mol. The molecule has 1 atom stereocenters. The molecule has 0 unspecified atom stereocenters. The number of rotatable bonds is 4. The summed E-state index contributed by atoms with van der Waals surface area (Å²) in [6.07, 6.45) is 2.65. The molecule has 0 radical (unpaired) electrons. The zero-order chi connectivity index (χ0) is 13.9. The maximum atomic E-state index is 5.87. The van der Waals surface area contributed by atoms with Gasteiger partial charge in [-0.2, -0.15) is 5.10 Å². The molecule has 0 spiro atoms. The summed E-state index contributed by atoms with van der Waals surface area (Å²) in [7, 11) is 0. The van der Waals surface area contributed by atoms with Crippen LogP contribution in [0.4, 0.5) is 0 Å². The van der Waals surface area contributed by atoms with Gasteiger partial charge in [0.2, 0.25) is 0 Å². The van der Waals surface area contributed by atoms with Gasteiger partial charge >= 0.3 is 0 Å². The standard InChI is InChI=1S/C16H18N4/c17-9-15(18)7-11-1-3-12(4-2-11)13-5-6-14-10-19-20-16(14)8-13/h1-6,8,10,15H,7,9,17-18H2,(H,19,20)/t15-/m0/s1. The van der Waals surface area contributed by atoms with E-state index in [0.29, 0.717) is 6.54 Å². The molecule has 4 heteroatoms. The summed E-state index contributed by atoms with van der Waals surface area (Å²) >= 11 is 0. The average molecular weight is 266 g/mol. The Labute approximate surface area is 117 Å². The van der Waals surface area contributed by atoms with Crippen molar-refractivity contribution in [3.05, 3.63) is 54.2 Å². The zero-order valence-electron chi connectivity index (χ0n) is 11.2. The second-order valence-electron chi connectivity index (χ2n) is 5.07. The molecule has 4 nitrogen and oxygen atoms in total. The summed E-state index contributed by atoms with van der Waals surface area (Å²) in [4.78, 5) is 0. The fourth-order valence-electron chi connectivity index (χ4n) is 2.34. The van der Waals surface area contributed by atoms with Gasteiger partial charge in [0, 0.05) is 18.0 Å². The van der Waals surface area contributed by atoms with Crippen molar-refractivity contribution in [3.8, 4) is 11.1 Å². The molecule has 1 aromatic heterocycles. The minimum atomic E-state index is 0.0298. The normalized spacial score (nSPS) is 12.7. The lowest BCUT2D eigenvalue weighted by molar-refractivity contribution is 0.679. The van der Waals surface area contributed by atoms with E-state index in [1.54, 1.807) is 0 Å². The first-order valence-electron chi connectivity index (χ1n) is 6.74. The van der Waals surface area contributed by atoms with Gasteiger partial charge in [0.15, 0.2) is 0 Å². The number of hydrogen-bond donors (Lipinski definition) is 3. The van der Waals surface area contributed by atoms with E-state index in [9.17, 15) is 0 Å². The molecule has 2 aromatic carbocycles. The number of fused-ring (bicyclic) bond motifs is 1. The maximum absolute atomic E-state index is 5.87. The predicted octanol–water partition coefficient (Wildman–Crippen LogP) is 2.06. The molecular formula is C16H18N4. The van der Waals surface area contributed by atoms with Crippen molar-refractivity contribution in [1.82, 2.24) is 10.2 Å². The molecule has 0 amide bonds. The first-order valence-corrected chi connectivity index (χ1v) is 6.74. The third-order valence-corrected chi connectivity index (χ3v) is 3.53. The third-order valence-electron chi connectivity index (χ3n) is 3.53. The lowest BCUT2D eigenvalue weighted by Gasteiger charge is -2.09. The van der Waals surface area contributed by atoms with Gasteiger partial charge in [-0.1, -0.05) is 36.4 Å². The highest BCUT2D eigenvalue weighted by Gasteiger charge is 2.04. The van der Waals surface area contributed by atoms with Crippen LogP contribution in [0, 0.1) is 0 Å². The summed E-state index contributed by atoms with van der Waals surface area (Å²) in [5, 5.41) is 8.16. The van der Waals surface area contributed by atoms with E-state index in [2.05, 4.69) is 52.7 Å². The summed E-state index contributed by atoms with van der Waals surface area (Å²) in [6.45, 7) is 0.512. The highest BCUT2D eigenvalue weighted by molar-refractivity contribution is 5.83. The van der Waals surface area contributed by atoms with E-state index in [-0.39, 0.29) is 6.04 Å². The van der Waals surface area contributed by atoms with Gasteiger partial charge in [-0.15, -0.1) is 0 Å². The largest absolute Gasteiger partial charge is 0.329 e. The predicted molar refractivity (Wildman–Crippen MR) is 82.3 cm³/mol. The number of aromatic nitrogens is 2. The van der Waals surface area contributed by atoms with Crippen molar-refractivity contribution in [2.45, 2.75) is 12.5 Å². The molecule has 5 N–H and O–H groups in total. The van der Waals surface area contributed by atoms with E-state index in [4.69, 9.17) is 11.5 Å². The Morgan fingerprint density at radius 3 is 2.55 bits per heavy atom. The number of hydrogen-bond acceptors (Lipinski definition) is 3. The molecule has 0 bridgehead atoms. The van der Waals surface area contributed by atoms with E-state index >= 15 is 0 Å². The lowest BCUT2D eigenvalue weighted by Crippen LogP contribution is -2.31. The second-order valence-corrected chi connectivity index (χ2v) is 5.07.